The van der Waals surface area contributed by atoms with Crippen molar-refractivity contribution >= 4 is 17.0 Å². The molecule has 9 heteroatoms. The van der Waals surface area contributed by atoms with Gasteiger partial charge in [0.1, 0.15) is 29.2 Å². The Bertz CT molecular complexity index is 777. The molecule has 0 aromatic carbocycles. The Morgan fingerprint density at radius 2 is 2.00 bits per heavy atom. The molecule has 1 aliphatic carbocycles. The minimum absolute atomic E-state index is 0.220. The van der Waals surface area contributed by atoms with E-state index in [1.165, 1.54) is 17.2 Å². The quantitative estimate of drug-likeness (QED) is 0.542. The molecule has 22 heavy (non-hydrogen) atoms. The zero-order chi connectivity index (χ0) is 15.9. The van der Waals surface area contributed by atoms with E-state index >= 15 is 0 Å². The second-order valence-corrected chi connectivity index (χ2v) is 6.40. The van der Waals surface area contributed by atoms with E-state index in [1.807, 2.05) is 0 Å². The van der Waals surface area contributed by atoms with Crippen LogP contribution in [0.15, 0.2) is 12.7 Å². The summed E-state index contributed by atoms with van der Waals surface area (Å²) in [5, 5.41) is 31.3. The van der Waals surface area contributed by atoms with E-state index in [4.69, 9.17) is 10.5 Å². The summed E-state index contributed by atoms with van der Waals surface area (Å²) in [4.78, 5) is 12.1. The number of hydrogen-bond acceptors (Lipinski definition) is 8. The molecule has 2 aliphatic rings. The van der Waals surface area contributed by atoms with E-state index in [9.17, 15) is 15.3 Å². The minimum atomic E-state index is -1.55. The van der Waals surface area contributed by atoms with Crippen molar-refractivity contribution in [3.63, 3.8) is 0 Å². The highest BCUT2D eigenvalue weighted by atomic mass is 16.6. The van der Waals surface area contributed by atoms with Crippen LogP contribution in [0, 0.1) is 5.41 Å². The Morgan fingerprint density at radius 1 is 1.27 bits per heavy atom. The SMILES string of the molecule is CC1(C)[C@]2(O)[C@@H](CO)O[C@@H](n3cnc4c(N)ncnc43)[C@@]12O. The largest absolute Gasteiger partial charge is 0.394 e. The first kappa shape index (κ1) is 13.8. The first-order valence-electron chi connectivity index (χ1n) is 6.94. The number of aliphatic hydroxyl groups excluding tert-OH is 1. The van der Waals surface area contributed by atoms with Gasteiger partial charge < -0.3 is 25.8 Å². The van der Waals surface area contributed by atoms with E-state index < -0.39 is 35.6 Å². The van der Waals surface area contributed by atoms with Crippen molar-refractivity contribution in [2.24, 2.45) is 5.41 Å². The predicted octanol–water partition coefficient (Wildman–Crippen LogP) is -1.20. The smallest absolute Gasteiger partial charge is 0.169 e. The predicted molar refractivity (Wildman–Crippen MR) is 74.4 cm³/mol. The van der Waals surface area contributed by atoms with Crippen LogP contribution in [0.3, 0.4) is 0 Å². The van der Waals surface area contributed by atoms with Crippen LogP contribution in [0.5, 0.6) is 0 Å². The molecule has 3 heterocycles. The molecular formula is C13H17N5O4. The average molecular weight is 307 g/mol. The lowest BCUT2D eigenvalue weighted by Crippen LogP contribution is -2.36. The average Bonchev–Trinajstić information content (AvgIpc) is 2.86. The Hall–Kier alpha value is -1.81. The van der Waals surface area contributed by atoms with Gasteiger partial charge in [-0.3, -0.25) is 4.57 Å². The third kappa shape index (κ3) is 1.16. The number of nitrogens with two attached hydrogens (primary N) is 1. The van der Waals surface area contributed by atoms with E-state index in [0.29, 0.717) is 11.2 Å². The van der Waals surface area contributed by atoms with E-state index in [1.54, 1.807) is 13.8 Å². The summed E-state index contributed by atoms with van der Waals surface area (Å²) >= 11 is 0. The number of imidazole rings is 1. The highest BCUT2D eigenvalue weighted by molar-refractivity contribution is 5.81. The maximum Gasteiger partial charge on any atom is 0.169 e. The standard InChI is InChI=1S/C13H17N5O4/c1-11(2)12(20)6(3-19)22-10(13(11,12)21)18-5-17-7-8(14)15-4-16-9(7)18/h4-6,10,19-21H,3H2,1-2H3,(H2,14,15,16)/t6-,10-,12-,13-/m1/s1. The van der Waals surface area contributed by atoms with Gasteiger partial charge in [0.05, 0.1) is 12.9 Å². The fourth-order valence-corrected chi connectivity index (χ4v) is 3.88. The molecule has 1 aliphatic heterocycles. The molecular weight excluding hydrogens is 290 g/mol. The van der Waals surface area contributed by atoms with Crippen molar-refractivity contribution in [2.75, 3.05) is 12.3 Å². The fraction of sp³-hybridized carbons (Fsp3) is 0.615. The summed E-state index contributed by atoms with van der Waals surface area (Å²) in [6, 6.07) is 0. The van der Waals surface area contributed by atoms with Crippen LogP contribution in [0.4, 0.5) is 5.82 Å². The van der Waals surface area contributed by atoms with Gasteiger partial charge in [0.25, 0.3) is 0 Å². The highest BCUT2D eigenvalue weighted by Crippen LogP contribution is 2.75. The molecule has 1 saturated heterocycles. The summed E-state index contributed by atoms with van der Waals surface area (Å²) in [6.07, 6.45) is 0.910. The number of rotatable bonds is 2. The fourth-order valence-electron chi connectivity index (χ4n) is 3.88. The normalized spacial score (nSPS) is 39.1. The Kier molecular flexibility index (Phi) is 2.35. The second kappa shape index (κ2) is 3.74. The number of nitrogens with zero attached hydrogens (tertiary/aromatic N) is 4. The van der Waals surface area contributed by atoms with Gasteiger partial charge in [0.2, 0.25) is 0 Å². The van der Waals surface area contributed by atoms with Crippen molar-refractivity contribution in [2.45, 2.75) is 37.4 Å². The first-order valence-corrected chi connectivity index (χ1v) is 6.94. The molecule has 0 radical (unpaired) electrons. The Labute approximate surface area is 125 Å². The third-order valence-corrected chi connectivity index (χ3v) is 5.35. The van der Waals surface area contributed by atoms with Gasteiger partial charge in [-0.25, -0.2) is 15.0 Å². The van der Waals surface area contributed by atoms with Crippen LogP contribution >= 0.6 is 0 Å². The van der Waals surface area contributed by atoms with Gasteiger partial charge in [-0.15, -0.1) is 0 Å². The number of hydrogen-bond donors (Lipinski definition) is 4. The number of aromatic nitrogens is 4. The van der Waals surface area contributed by atoms with Crippen LogP contribution in [-0.2, 0) is 4.74 Å². The van der Waals surface area contributed by atoms with Crippen molar-refractivity contribution in [1.82, 2.24) is 19.5 Å². The molecule has 9 nitrogen and oxygen atoms in total. The number of ether oxygens (including phenoxy) is 1. The summed E-state index contributed by atoms with van der Waals surface area (Å²) in [7, 11) is 0. The number of aliphatic hydroxyl groups is 3. The lowest BCUT2D eigenvalue weighted by molar-refractivity contribution is -0.123. The zero-order valence-electron chi connectivity index (χ0n) is 12.1. The maximum atomic E-state index is 11.0. The molecule has 2 aromatic heterocycles. The monoisotopic (exact) mass is 307 g/mol. The van der Waals surface area contributed by atoms with Gasteiger partial charge in [-0.05, 0) is 0 Å². The van der Waals surface area contributed by atoms with E-state index in [0.717, 1.165) is 0 Å². The summed E-state index contributed by atoms with van der Waals surface area (Å²) in [5.74, 6) is 0.220. The minimum Gasteiger partial charge on any atom is -0.394 e. The molecule has 1 saturated carbocycles. The van der Waals surface area contributed by atoms with Crippen molar-refractivity contribution in [3.05, 3.63) is 12.7 Å². The topological polar surface area (TPSA) is 140 Å². The number of anilines is 1. The van der Waals surface area contributed by atoms with Crippen LogP contribution < -0.4 is 5.73 Å². The maximum absolute atomic E-state index is 11.0. The molecule has 4 atom stereocenters. The van der Waals surface area contributed by atoms with E-state index in [2.05, 4.69) is 15.0 Å². The van der Waals surface area contributed by atoms with Crippen LogP contribution in [0.1, 0.15) is 20.1 Å². The van der Waals surface area contributed by atoms with Crippen molar-refractivity contribution in [1.29, 1.82) is 0 Å². The molecule has 0 amide bonds. The van der Waals surface area contributed by atoms with Gasteiger partial charge in [-0.1, -0.05) is 13.8 Å². The van der Waals surface area contributed by atoms with Crippen LogP contribution in [-0.4, -0.2) is 58.8 Å². The molecule has 2 aromatic rings. The molecule has 0 unspecified atom stereocenters. The van der Waals surface area contributed by atoms with E-state index in [-0.39, 0.29) is 5.82 Å². The van der Waals surface area contributed by atoms with Gasteiger partial charge in [0, 0.05) is 5.41 Å². The Balaban J connectivity index is 1.88. The Morgan fingerprint density at radius 3 is 2.64 bits per heavy atom. The van der Waals surface area contributed by atoms with Crippen LogP contribution in [0.25, 0.3) is 11.2 Å². The summed E-state index contributed by atoms with van der Waals surface area (Å²) < 4.78 is 7.19. The van der Waals surface area contributed by atoms with Gasteiger partial charge >= 0.3 is 0 Å². The van der Waals surface area contributed by atoms with Crippen LogP contribution in [0.2, 0.25) is 0 Å². The summed E-state index contributed by atoms with van der Waals surface area (Å²) in [6.45, 7) is 3.06. The second-order valence-electron chi connectivity index (χ2n) is 6.40. The molecule has 118 valence electrons. The lowest BCUT2D eigenvalue weighted by Gasteiger charge is -2.26. The third-order valence-electron chi connectivity index (χ3n) is 5.35. The number of fused-ring (bicyclic) bond motifs is 2. The molecule has 0 bridgehead atoms. The van der Waals surface area contributed by atoms with Crippen molar-refractivity contribution in [3.8, 4) is 0 Å². The highest BCUT2D eigenvalue weighted by Gasteiger charge is 2.92. The number of nitrogen functional groups attached to an aromatic ring is 1. The summed E-state index contributed by atoms with van der Waals surface area (Å²) in [5.41, 5.74) is 2.62. The lowest BCUT2D eigenvalue weighted by atomic mass is 10.0. The molecule has 2 fully saturated rings. The molecule has 0 spiro atoms. The zero-order valence-corrected chi connectivity index (χ0v) is 12.1. The van der Waals surface area contributed by atoms with Gasteiger partial charge in [0.15, 0.2) is 17.7 Å². The van der Waals surface area contributed by atoms with Gasteiger partial charge in [-0.2, -0.15) is 0 Å². The molecule has 5 N–H and O–H groups in total. The van der Waals surface area contributed by atoms with Crippen molar-refractivity contribution < 1.29 is 20.1 Å². The first-order chi connectivity index (χ1) is 10.3. The molecule has 4 rings (SSSR count).